The molecule has 0 amide bonds. The van der Waals surface area contributed by atoms with E-state index in [-0.39, 0.29) is 0 Å². The van der Waals surface area contributed by atoms with Crippen molar-refractivity contribution < 1.29 is 4.74 Å². The van der Waals surface area contributed by atoms with E-state index in [9.17, 15) is 0 Å². The highest BCUT2D eigenvalue weighted by Gasteiger charge is 2.10. The first-order valence-corrected chi connectivity index (χ1v) is 6.22. The molecule has 4 nitrogen and oxygen atoms in total. The van der Waals surface area contributed by atoms with Gasteiger partial charge in [-0.15, -0.1) is 0 Å². The third-order valence-electron chi connectivity index (χ3n) is 2.89. The van der Waals surface area contributed by atoms with Crippen molar-refractivity contribution in [2.75, 3.05) is 24.8 Å². The molecule has 100 valence electrons. The maximum Gasteiger partial charge on any atom is 0.123 e. The summed E-state index contributed by atoms with van der Waals surface area (Å²) in [5, 5.41) is 0.687. The number of nitrogens with two attached hydrogens (primary N) is 1. The maximum atomic E-state index is 6.03. The van der Waals surface area contributed by atoms with Gasteiger partial charge < -0.3 is 15.4 Å². The molecular formula is C14H16ClN3O. The van der Waals surface area contributed by atoms with Crippen molar-refractivity contribution in [3.8, 4) is 5.75 Å². The second-order valence-electron chi connectivity index (χ2n) is 4.25. The normalized spacial score (nSPS) is 10.3. The molecule has 2 aromatic rings. The summed E-state index contributed by atoms with van der Waals surface area (Å²) >= 11 is 6.03. The molecule has 0 aliphatic carbocycles. The predicted molar refractivity (Wildman–Crippen MR) is 78.8 cm³/mol. The number of halogens is 1. The Hall–Kier alpha value is -1.94. The van der Waals surface area contributed by atoms with Crippen LogP contribution in [0.5, 0.6) is 5.75 Å². The first-order chi connectivity index (χ1) is 9.11. The molecule has 0 unspecified atom stereocenters. The highest BCUT2D eigenvalue weighted by atomic mass is 35.5. The lowest BCUT2D eigenvalue weighted by Gasteiger charge is -2.22. The van der Waals surface area contributed by atoms with Crippen molar-refractivity contribution in [1.29, 1.82) is 0 Å². The number of benzene rings is 1. The van der Waals surface area contributed by atoms with Crippen LogP contribution in [0.4, 0.5) is 11.4 Å². The topological polar surface area (TPSA) is 51.4 Å². The van der Waals surface area contributed by atoms with Gasteiger partial charge in [0.2, 0.25) is 0 Å². The van der Waals surface area contributed by atoms with Gasteiger partial charge in [0.25, 0.3) is 0 Å². The molecule has 0 saturated carbocycles. The van der Waals surface area contributed by atoms with Crippen LogP contribution in [0.1, 0.15) is 5.56 Å². The van der Waals surface area contributed by atoms with Crippen molar-refractivity contribution in [3.05, 3.63) is 47.2 Å². The molecule has 0 aliphatic rings. The van der Waals surface area contributed by atoms with Gasteiger partial charge in [0, 0.05) is 30.4 Å². The number of hydrogen-bond acceptors (Lipinski definition) is 4. The van der Waals surface area contributed by atoms with Crippen LogP contribution in [0.15, 0.2) is 36.7 Å². The van der Waals surface area contributed by atoms with E-state index in [1.807, 2.05) is 36.2 Å². The van der Waals surface area contributed by atoms with Gasteiger partial charge in [0.05, 0.1) is 24.7 Å². The zero-order valence-corrected chi connectivity index (χ0v) is 11.7. The summed E-state index contributed by atoms with van der Waals surface area (Å²) in [5.74, 6) is 0.809. The second kappa shape index (κ2) is 5.80. The summed E-state index contributed by atoms with van der Waals surface area (Å²) in [6.07, 6.45) is 3.36. The van der Waals surface area contributed by atoms with Gasteiger partial charge in [-0.3, -0.25) is 4.98 Å². The van der Waals surface area contributed by atoms with Crippen molar-refractivity contribution in [2.24, 2.45) is 0 Å². The molecule has 1 aromatic heterocycles. The highest BCUT2D eigenvalue weighted by Crippen LogP contribution is 2.27. The smallest absolute Gasteiger partial charge is 0.123 e. The van der Waals surface area contributed by atoms with Crippen molar-refractivity contribution >= 4 is 23.0 Å². The van der Waals surface area contributed by atoms with Gasteiger partial charge in [-0.2, -0.15) is 0 Å². The number of ether oxygens (including phenoxy) is 1. The summed E-state index contributed by atoms with van der Waals surface area (Å²) in [4.78, 5) is 6.02. The van der Waals surface area contributed by atoms with E-state index < -0.39 is 0 Å². The van der Waals surface area contributed by atoms with E-state index >= 15 is 0 Å². The number of aromatic nitrogens is 1. The molecule has 2 rings (SSSR count). The lowest BCUT2D eigenvalue weighted by Crippen LogP contribution is -2.18. The lowest BCUT2D eigenvalue weighted by molar-refractivity contribution is 0.409. The standard InChI is InChI=1S/C14H16ClN3O/c1-18(13-5-6-17-8-12(13)16)9-10-7-11(15)3-4-14(10)19-2/h3-8H,9,16H2,1-2H3. The average molecular weight is 278 g/mol. The Morgan fingerprint density at radius 3 is 2.84 bits per heavy atom. The SMILES string of the molecule is COc1ccc(Cl)cc1CN(C)c1ccncc1N. The average Bonchev–Trinajstić information content (AvgIpc) is 2.39. The number of nitrogen functional groups attached to an aromatic ring is 1. The van der Waals surface area contributed by atoms with E-state index in [0.717, 1.165) is 17.0 Å². The molecule has 0 radical (unpaired) electrons. The van der Waals surface area contributed by atoms with E-state index in [1.165, 1.54) is 0 Å². The fourth-order valence-corrected chi connectivity index (χ4v) is 2.15. The second-order valence-corrected chi connectivity index (χ2v) is 4.68. The number of hydrogen-bond donors (Lipinski definition) is 1. The van der Waals surface area contributed by atoms with Gasteiger partial charge in [0.1, 0.15) is 5.75 Å². The molecule has 0 saturated heterocycles. The molecule has 19 heavy (non-hydrogen) atoms. The molecule has 1 heterocycles. The van der Waals surface area contributed by atoms with Crippen LogP contribution < -0.4 is 15.4 Å². The van der Waals surface area contributed by atoms with Crippen LogP contribution in [-0.4, -0.2) is 19.1 Å². The Balaban J connectivity index is 2.26. The molecule has 0 spiro atoms. The van der Waals surface area contributed by atoms with Gasteiger partial charge >= 0.3 is 0 Å². The van der Waals surface area contributed by atoms with Crippen LogP contribution in [0.3, 0.4) is 0 Å². The fraction of sp³-hybridized carbons (Fsp3) is 0.214. The van der Waals surface area contributed by atoms with Crippen molar-refractivity contribution in [1.82, 2.24) is 4.98 Å². The molecule has 1 aromatic carbocycles. The molecule has 2 N–H and O–H groups in total. The maximum absolute atomic E-state index is 6.03. The minimum absolute atomic E-state index is 0.644. The van der Waals surface area contributed by atoms with Crippen molar-refractivity contribution in [2.45, 2.75) is 6.54 Å². The summed E-state index contributed by atoms with van der Waals surface area (Å²) in [5.41, 5.74) is 8.49. The monoisotopic (exact) mass is 277 g/mol. The number of anilines is 2. The van der Waals surface area contributed by atoms with E-state index in [4.69, 9.17) is 22.1 Å². The Kier molecular flexibility index (Phi) is 4.12. The van der Waals surface area contributed by atoms with Crippen LogP contribution in [0, 0.1) is 0 Å². The Bertz CT molecular complexity index is 574. The third-order valence-corrected chi connectivity index (χ3v) is 3.12. The number of pyridine rings is 1. The highest BCUT2D eigenvalue weighted by molar-refractivity contribution is 6.30. The molecule has 0 fully saturated rings. The van der Waals surface area contributed by atoms with Gasteiger partial charge in [-0.25, -0.2) is 0 Å². The van der Waals surface area contributed by atoms with E-state index in [1.54, 1.807) is 19.5 Å². The van der Waals surface area contributed by atoms with Crippen LogP contribution >= 0.6 is 11.6 Å². The summed E-state index contributed by atoms with van der Waals surface area (Å²) < 4.78 is 5.34. The number of rotatable bonds is 4. The largest absolute Gasteiger partial charge is 0.496 e. The summed E-state index contributed by atoms with van der Waals surface area (Å²) in [7, 11) is 3.61. The molecule has 0 bridgehead atoms. The lowest BCUT2D eigenvalue weighted by atomic mass is 10.2. The summed E-state index contributed by atoms with van der Waals surface area (Å²) in [6.45, 7) is 0.651. The zero-order valence-electron chi connectivity index (χ0n) is 10.9. The molecule has 0 aliphatic heterocycles. The van der Waals surface area contributed by atoms with Crippen molar-refractivity contribution in [3.63, 3.8) is 0 Å². The molecule has 5 heteroatoms. The van der Waals surface area contributed by atoms with Gasteiger partial charge in [-0.1, -0.05) is 11.6 Å². The number of methoxy groups -OCH3 is 1. The van der Waals surface area contributed by atoms with Crippen LogP contribution in [0.25, 0.3) is 0 Å². The fourth-order valence-electron chi connectivity index (χ4n) is 1.96. The molecular weight excluding hydrogens is 262 g/mol. The van der Waals surface area contributed by atoms with Crippen LogP contribution in [-0.2, 0) is 6.54 Å². The number of nitrogens with zero attached hydrogens (tertiary/aromatic N) is 2. The first kappa shape index (κ1) is 13.5. The van der Waals surface area contributed by atoms with Gasteiger partial charge in [0.15, 0.2) is 0 Å². The predicted octanol–water partition coefficient (Wildman–Crippen LogP) is 2.96. The van der Waals surface area contributed by atoms with Crippen LogP contribution in [0.2, 0.25) is 5.02 Å². The molecule has 0 atom stereocenters. The van der Waals surface area contributed by atoms with E-state index in [0.29, 0.717) is 17.3 Å². The summed E-state index contributed by atoms with van der Waals surface area (Å²) in [6, 6.07) is 7.45. The first-order valence-electron chi connectivity index (χ1n) is 5.85. The zero-order chi connectivity index (χ0) is 13.8. The Morgan fingerprint density at radius 2 is 2.16 bits per heavy atom. The van der Waals surface area contributed by atoms with Gasteiger partial charge in [-0.05, 0) is 24.3 Å². The minimum atomic E-state index is 0.644. The quantitative estimate of drug-likeness (QED) is 0.933. The Morgan fingerprint density at radius 1 is 1.37 bits per heavy atom. The third kappa shape index (κ3) is 3.09. The minimum Gasteiger partial charge on any atom is -0.496 e. The Labute approximate surface area is 117 Å². The van der Waals surface area contributed by atoms with E-state index in [2.05, 4.69) is 4.98 Å².